The van der Waals surface area contributed by atoms with Crippen molar-refractivity contribution in [2.75, 3.05) is 6.54 Å². The molecule has 2 aliphatic rings. The molecule has 0 amide bonds. The molecule has 2 aromatic rings. The lowest BCUT2D eigenvalue weighted by molar-refractivity contribution is 0.467. The summed E-state index contributed by atoms with van der Waals surface area (Å²) in [5.74, 6) is 1.32. The molecule has 2 aliphatic carbocycles. The van der Waals surface area contributed by atoms with Crippen LogP contribution in [0, 0.1) is 12.5 Å². The highest BCUT2D eigenvalue weighted by molar-refractivity contribution is 6.31. The highest BCUT2D eigenvalue weighted by Crippen LogP contribution is 2.36. The van der Waals surface area contributed by atoms with Gasteiger partial charge in [-0.2, -0.15) is 6.42 Å². The van der Waals surface area contributed by atoms with Crippen molar-refractivity contribution in [2.45, 2.75) is 63.3 Å². The Morgan fingerprint density at radius 3 is 2.79 bits per heavy atom. The Hall–Kier alpha value is -1.35. The van der Waals surface area contributed by atoms with Crippen molar-refractivity contribution in [3.63, 3.8) is 0 Å². The number of nitrogens with one attached hydrogen (secondary N) is 1. The monoisotopic (exact) mass is 395 g/mol. The summed E-state index contributed by atoms with van der Waals surface area (Å²) in [6, 6.07) is 15.5. The van der Waals surface area contributed by atoms with Crippen LogP contribution in [0.3, 0.4) is 0 Å². The van der Waals surface area contributed by atoms with Crippen molar-refractivity contribution in [3.8, 4) is 0 Å². The summed E-state index contributed by atoms with van der Waals surface area (Å²) < 4.78 is 0. The predicted octanol–water partition coefficient (Wildman–Crippen LogP) is 5.42. The van der Waals surface area contributed by atoms with Crippen molar-refractivity contribution >= 4 is 11.6 Å². The van der Waals surface area contributed by atoms with Gasteiger partial charge >= 0.3 is 0 Å². The molecule has 2 unspecified atom stereocenters. The summed E-state index contributed by atoms with van der Waals surface area (Å²) in [5, 5.41) is 4.34. The quantitative estimate of drug-likeness (QED) is 0.439. The zero-order valence-corrected chi connectivity index (χ0v) is 17.4. The smallest absolute Gasteiger partial charge is 0.0438 e. The van der Waals surface area contributed by atoms with Crippen LogP contribution in [0.15, 0.2) is 42.5 Å². The molecule has 0 bridgehead atoms. The van der Waals surface area contributed by atoms with E-state index in [0.717, 1.165) is 43.2 Å². The number of rotatable bonds is 9. The van der Waals surface area contributed by atoms with E-state index in [0.29, 0.717) is 5.92 Å². The second-order valence-electron chi connectivity index (χ2n) is 8.58. The van der Waals surface area contributed by atoms with E-state index in [4.69, 9.17) is 17.3 Å². The number of hydrogen-bond donors (Lipinski definition) is 2. The van der Waals surface area contributed by atoms with Gasteiger partial charge in [0.15, 0.2) is 0 Å². The van der Waals surface area contributed by atoms with E-state index in [1.54, 1.807) is 0 Å². The van der Waals surface area contributed by atoms with Gasteiger partial charge in [-0.25, -0.2) is 0 Å². The fourth-order valence-corrected chi connectivity index (χ4v) is 4.60. The average Bonchev–Trinajstić information content (AvgIpc) is 3.53. The standard InChI is InChI=1S/C25H32ClN2/c26-24-6-2-1-5-21(24)17-23-22-16-19(9-10-20(22)11-12-25(23)27)4-3-14-28-15-13-18-7-8-18/h1-2,5-6,9-10,15-16,18,23,25,28H,3-4,7-8,11-14,17,27H2/q-1. The van der Waals surface area contributed by atoms with Crippen LogP contribution in [0.1, 0.15) is 60.3 Å². The zero-order chi connectivity index (χ0) is 19.3. The van der Waals surface area contributed by atoms with E-state index in [-0.39, 0.29) is 6.04 Å². The van der Waals surface area contributed by atoms with Crippen LogP contribution in [0.2, 0.25) is 5.02 Å². The zero-order valence-electron chi connectivity index (χ0n) is 16.7. The van der Waals surface area contributed by atoms with Gasteiger partial charge in [0.2, 0.25) is 0 Å². The number of fused-ring (bicyclic) bond motifs is 1. The maximum atomic E-state index is 6.57. The van der Waals surface area contributed by atoms with E-state index in [9.17, 15) is 0 Å². The van der Waals surface area contributed by atoms with Crippen molar-refractivity contribution in [3.05, 3.63) is 76.3 Å². The Balaban J connectivity index is 1.38. The van der Waals surface area contributed by atoms with E-state index in [2.05, 4.69) is 42.2 Å². The van der Waals surface area contributed by atoms with Gasteiger partial charge in [-0.15, -0.1) is 0 Å². The first kappa shape index (κ1) is 19.9. The third-order valence-electron chi connectivity index (χ3n) is 6.35. The first-order chi connectivity index (χ1) is 13.7. The summed E-state index contributed by atoms with van der Waals surface area (Å²) >= 11 is 6.43. The van der Waals surface area contributed by atoms with Crippen LogP contribution in [0.4, 0.5) is 0 Å². The molecule has 2 nitrogen and oxygen atoms in total. The molecule has 1 fully saturated rings. The summed E-state index contributed by atoms with van der Waals surface area (Å²) in [6.07, 6.45) is 9.44. The van der Waals surface area contributed by atoms with Gasteiger partial charge in [-0.1, -0.05) is 66.8 Å². The fourth-order valence-electron chi connectivity index (χ4n) is 4.39. The minimum atomic E-state index is 0.206. The van der Waals surface area contributed by atoms with Gasteiger partial charge < -0.3 is 11.1 Å². The highest BCUT2D eigenvalue weighted by Gasteiger charge is 2.28. The molecule has 3 heteroatoms. The fraction of sp³-hybridized carbons (Fsp3) is 0.480. The lowest BCUT2D eigenvalue weighted by Gasteiger charge is -2.32. The third kappa shape index (κ3) is 5.17. The largest absolute Gasteiger partial charge is 0.470 e. The SMILES string of the molecule is NC1CCc2ccc(CCCN[CH-]CC3CC3)cc2C1Cc1ccccc1Cl. The third-order valence-corrected chi connectivity index (χ3v) is 6.72. The predicted molar refractivity (Wildman–Crippen MR) is 119 cm³/mol. The molecule has 3 N–H and O–H groups in total. The number of nitrogens with two attached hydrogens (primary N) is 1. The van der Waals surface area contributed by atoms with Gasteiger partial charge in [0, 0.05) is 17.0 Å². The second-order valence-corrected chi connectivity index (χ2v) is 8.99. The number of halogens is 1. The number of hydrogen-bond acceptors (Lipinski definition) is 2. The molecule has 0 saturated heterocycles. The lowest BCUT2D eigenvalue weighted by atomic mass is 9.76. The van der Waals surface area contributed by atoms with Crippen LogP contribution in [-0.4, -0.2) is 12.6 Å². The van der Waals surface area contributed by atoms with Crippen molar-refractivity contribution in [2.24, 2.45) is 11.7 Å². The molecule has 1 saturated carbocycles. The molecule has 2 aromatic carbocycles. The van der Waals surface area contributed by atoms with Crippen molar-refractivity contribution in [1.29, 1.82) is 0 Å². The molecule has 4 rings (SSSR count). The minimum absolute atomic E-state index is 0.206. The Morgan fingerprint density at radius 1 is 1.11 bits per heavy atom. The Labute approximate surface area is 174 Å². The van der Waals surface area contributed by atoms with Crippen molar-refractivity contribution < 1.29 is 0 Å². The summed E-state index contributed by atoms with van der Waals surface area (Å²) in [6.45, 7) is 3.33. The first-order valence-electron chi connectivity index (χ1n) is 10.9. The molecule has 2 atom stereocenters. The van der Waals surface area contributed by atoms with Crippen LogP contribution >= 0.6 is 11.6 Å². The number of aryl methyl sites for hydroxylation is 2. The summed E-state index contributed by atoms with van der Waals surface area (Å²) in [5.41, 5.74) is 12.1. The minimum Gasteiger partial charge on any atom is -0.470 e. The van der Waals surface area contributed by atoms with Gasteiger partial charge in [-0.05, 0) is 67.0 Å². The van der Waals surface area contributed by atoms with E-state index in [1.165, 1.54) is 47.9 Å². The molecule has 0 heterocycles. The van der Waals surface area contributed by atoms with Crippen LogP contribution in [0.5, 0.6) is 0 Å². The van der Waals surface area contributed by atoms with Crippen LogP contribution in [0.25, 0.3) is 0 Å². The highest BCUT2D eigenvalue weighted by atomic mass is 35.5. The molecule has 0 aromatic heterocycles. The summed E-state index contributed by atoms with van der Waals surface area (Å²) in [7, 11) is 0. The topological polar surface area (TPSA) is 38.0 Å². The molecular weight excluding hydrogens is 364 g/mol. The van der Waals surface area contributed by atoms with E-state index >= 15 is 0 Å². The van der Waals surface area contributed by atoms with Crippen molar-refractivity contribution in [1.82, 2.24) is 5.32 Å². The van der Waals surface area contributed by atoms with Gasteiger partial charge in [-0.3, -0.25) is 6.54 Å². The van der Waals surface area contributed by atoms with E-state index < -0.39 is 0 Å². The van der Waals surface area contributed by atoms with E-state index in [1.807, 2.05) is 12.1 Å². The molecule has 28 heavy (non-hydrogen) atoms. The van der Waals surface area contributed by atoms with Gasteiger partial charge in [0.1, 0.15) is 0 Å². The lowest BCUT2D eigenvalue weighted by Crippen LogP contribution is -2.34. The van der Waals surface area contributed by atoms with Crippen LogP contribution < -0.4 is 11.1 Å². The molecule has 0 radical (unpaired) electrons. The second kappa shape index (κ2) is 9.43. The van der Waals surface area contributed by atoms with Gasteiger partial charge in [0.25, 0.3) is 0 Å². The molecule has 0 aliphatic heterocycles. The maximum absolute atomic E-state index is 6.57. The normalized spacial score (nSPS) is 21.5. The molecule has 0 spiro atoms. The Kier molecular flexibility index (Phi) is 6.72. The summed E-state index contributed by atoms with van der Waals surface area (Å²) in [4.78, 5) is 0. The first-order valence-corrected chi connectivity index (χ1v) is 11.2. The average molecular weight is 396 g/mol. The Morgan fingerprint density at radius 2 is 1.96 bits per heavy atom. The molecular formula is C25H32ClN2-. The molecule has 150 valence electrons. The number of benzene rings is 2. The maximum Gasteiger partial charge on any atom is 0.0438 e. The Bertz CT molecular complexity index is 784. The van der Waals surface area contributed by atoms with Crippen LogP contribution in [-0.2, 0) is 19.3 Å². The van der Waals surface area contributed by atoms with Gasteiger partial charge in [0.05, 0.1) is 0 Å².